The highest BCUT2D eigenvalue weighted by Gasteiger charge is 2.09. The molecule has 0 spiro atoms. The summed E-state index contributed by atoms with van der Waals surface area (Å²) in [6.07, 6.45) is 7.89. The van der Waals surface area contributed by atoms with Crippen LogP contribution >= 0.6 is 24.0 Å². The lowest BCUT2D eigenvalue weighted by atomic mass is 10.1. The van der Waals surface area contributed by atoms with E-state index in [2.05, 4.69) is 22.5 Å². The summed E-state index contributed by atoms with van der Waals surface area (Å²) < 4.78 is 10.7. The summed E-state index contributed by atoms with van der Waals surface area (Å²) in [4.78, 5) is 7.32. The van der Waals surface area contributed by atoms with E-state index in [0.717, 1.165) is 36.1 Å². The van der Waals surface area contributed by atoms with Crippen molar-refractivity contribution in [3.05, 3.63) is 23.8 Å². The normalized spacial score (nSPS) is 14.8. The molecule has 0 bridgehead atoms. The molecule has 1 fully saturated rings. The number of nitrogens with one attached hydrogen (secondary N) is 2. The smallest absolute Gasteiger partial charge is 0.191 e. The fourth-order valence-corrected chi connectivity index (χ4v) is 3.52. The zero-order valence-corrected chi connectivity index (χ0v) is 20.7. The molecule has 166 valence electrons. The summed E-state index contributed by atoms with van der Waals surface area (Å²) in [5.41, 5.74) is 1.04. The largest absolute Gasteiger partial charge is 0.497 e. The van der Waals surface area contributed by atoms with Gasteiger partial charge in [0.2, 0.25) is 0 Å². The summed E-state index contributed by atoms with van der Waals surface area (Å²) in [6, 6.07) is 5.84. The van der Waals surface area contributed by atoms with E-state index in [-0.39, 0.29) is 24.0 Å². The average molecular weight is 518 g/mol. The summed E-state index contributed by atoms with van der Waals surface area (Å²) >= 11 is 0. The summed E-state index contributed by atoms with van der Waals surface area (Å²) in [5, 5.41) is 6.77. The number of unbranched alkanes of at least 4 members (excludes halogenated alkanes) is 2. The monoisotopic (exact) mass is 518 g/mol. The van der Waals surface area contributed by atoms with Crippen molar-refractivity contribution in [2.75, 3.05) is 46.9 Å². The minimum Gasteiger partial charge on any atom is -0.497 e. The molecule has 0 aliphatic carbocycles. The van der Waals surface area contributed by atoms with Crippen LogP contribution in [0.4, 0.5) is 0 Å². The Hall–Kier alpha value is -1.22. The van der Waals surface area contributed by atoms with Gasteiger partial charge in [-0.2, -0.15) is 0 Å². The molecule has 1 aliphatic heterocycles. The van der Waals surface area contributed by atoms with Gasteiger partial charge in [0, 0.05) is 24.7 Å². The molecule has 7 heteroatoms. The van der Waals surface area contributed by atoms with Crippen molar-refractivity contribution in [2.24, 2.45) is 4.99 Å². The standard InChI is InChI=1S/C22H38N4O2.HI/c1-4-23-22(24-13-7-5-8-14-26-15-9-6-10-16-26)25-18-19-11-12-20(27-2)17-21(19)28-3;/h11-12,17H,4-10,13-16,18H2,1-3H3,(H2,23,24,25);1H. The molecule has 29 heavy (non-hydrogen) atoms. The lowest BCUT2D eigenvalue weighted by Crippen LogP contribution is -2.37. The molecule has 2 N–H and O–H groups in total. The second-order valence-corrected chi connectivity index (χ2v) is 7.26. The fourth-order valence-electron chi connectivity index (χ4n) is 3.52. The van der Waals surface area contributed by atoms with E-state index in [0.29, 0.717) is 6.54 Å². The van der Waals surface area contributed by atoms with Gasteiger partial charge in [-0.05, 0) is 64.4 Å². The van der Waals surface area contributed by atoms with Crippen LogP contribution in [0.15, 0.2) is 23.2 Å². The van der Waals surface area contributed by atoms with Crippen LogP contribution in [-0.4, -0.2) is 57.8 Å². The second kappa shape index (κ2) is 15.6. The number of aliphatic imine (C=N–C) groups is 1. The van der Waals surface area contributed by atoms with Gasteiger partial charge in [0.05, 0.1) is 20.8 Å². The van der Waals surface area contributed by atoms with Crippen molar-refractivity contribution in [1.29, 1.82) is 0 Å². The van der Waals surface area contributed by atoms with Crippen molar-refractivity contribution in [1.82, 2.24) is 15.5 Å². The van der Waals surface area contributed by atoms with Crippen molar-refractivity contribution >= 4 is 29.9 Å². The lowest BCUT2D eigenvalue weighted by molar-refractivity contribution is 0.224. The summed E-state index contributed by atoms with van der Waals surface area (Å²) in [5.74, 6) is 2.45. The van der Waals surface area contributed by atoms with Crippen LogP contribution in [0.25, 0.3) is 0 Å². The molecule has 0 unspecified atom stereocenters. The fraction of sp³-hybridized carbons (Fsp3) is 0.682. The lowest BCUT2D eigenvalue weighted by Gasteiger charge is -2.26. The van der Waals surface area contributed by atoms with Crippen LogP contribution in [0.3, 0.4) is 0 Å². The van der Waals surface area contributed by atoms with E-state index < -0.39 is 0 Å². The van der Waals surface area contributed by atoms with Crippen LogP contribution in [0, 0.1) is 0 Å². The molecular weight excluding hydrogens is 479 g/mol. The van der Waals surface area contributed by atoms with Crippen LogP contribution in [-0.2, 0) is 6.54 Å². The number of methoxy groups -OCH3 is 2. The Morgan fingerprint density at radius 3 is 2.52 bits per heavy atom. The number of rotatable bonds is 11. The number of guanidine groups is 1. The predicted octanol–water partition coefficient (Wildman–Crippen LogP) is 4.03. The molecule has 1 aromatic carbocycles. The highest BCUT2D eigenvalue weighted by atomic mass is 127. The zero-order chi connectivity index (χ0) is 20.0. The van der Waals surface area contributed by atoms with Crippen molar-refractivity contribution in [2.45, 2.75) is 52.0 Å². The molecule has 0 aromatic heterocycles. The van der Waals surface area contributed by atoms with E-state index in [1.165, 1.54) is 58.2 Å². The van der Waals surface area contributed by atoms with Crippen LogP contribution in [0.5, 0.6) is 11.5 Å². The molecule has 0 saturated carbocycles. The number of ether oxygens (including phenoxy) is 2. The zero-order valence-electron chi connectivity index (χ0n) is 18.3. The van der Waals surface area contributed by atoms with Gasteiger partial charge in [0.25, 0.3) is 0 Å². The predicted molar refractivity (Wildman–Crippen MR) is 132 cm³/mol. The maximum Gasteiger partial charge on any atom is 0.191 e. The molecular formula is C22H39IN4O2. The van der Waals surface area contributed by atoms with Gasteiger partial charge in [-0.25, -0.2) is 4.99 Å². The van der Waals surface area contributed by atoms with Crippen LogP contribution in [0.2, 0.25) is 0 Å². The van der Waals surface area contributed by atoms with Gasteiger partial charge in [-0.1, -0.05) is 12.8 Å². The highest BCUT2D eigenvalue weighted by molar-refractivity contribution is 14.0. The first-order chi connectivity index (χ1) is 13.8. The molecule has 2 rings (SSSR count). The van der Waals surface area contributed by atoms with E-state index in [9.17, 15) is 0 Å². The molecule has 1 aliphatic rings. The highest BCUT2D eigenvalue weighted by Crippen LogP contribution is 2.25. The topological polar surface area (TPSA) is 58.1 Å². The second-order valence-electron chi connectivity index (χ2n) is 7.26. The number of halogens is 1. The van der Waals surface area contributed by atoms with Gasteiger partial charge >= 0.3 is 0 Å². The number of hydrogen-bond donors (Lipinski definition) is 2. The molecule has 0 amide bonds. The number of hydrogen-bond acceptors (Lipinski definition) is 4. The maximum atomic E-state index is 5.46. The third-order valence-electron chi connectivity index (χ3n) is 5.14. The maximum absolute atomic E-state index is 5.46. The first-order valence-corrected chi connectivity index (χ1v) is 10.7. The Kier molecular flexibility index (Phi) is 13.9. The van der Waals surface area contributed by atoms with E-state index >= 15 is 0 Å². The Morgan fingerprint density at radius 1 is 1.03 bits per heavy atom. The Balaban J connectivity index is 0.00000420. The first-order valence-electron chi connectivity index (χ1n) is 10.7. The van der Waals surface area contributed by atoms with Gasteiger partial charge in [-0.15, -0.1) is 24.0 Å². The van der Waals surface area contributed by atoms with Gasteiger partial charge in [0.1, 0.15) is 11.5 Å². The summed E-state index contributed by atoms with van der Waals surface area (Å²) in [6.45, 7) is 8.30. The SMILES string of the molecule is CCNC(=NCc1ccc(OC)cc1OC)NCCCCCN1CCCCC1.I. The number of benzene rings is 1. The Labute approximate surface area is 193 Å². The van der Waals surface area contributed by atoms with Crippen molar-refractivity contribution in [3.8, 4) is 11.5 Å². The third kappa shape index (κ3) is 9.89. The van der Waals surface area contributed by atoms with Gasteiger partial charge in [-0.3, -0.25) is 0 Å². The van der Waals surface area contributed by atoms with Gasteiger partial charge < -0.3 is 25.0 Å². The Morgan fingerprint density at radius 2 is 1.83 bits per heavy atom. The molecule has 1 heterocycles. The molecule has 1 aromatic rings. The number of piperidine rings is 1. The molecule has 1 saturated heterocycles. The van der Waals surface area contributed by atoms with E-state index in [1.54, 1.807) is 14.2 Å². The van der Waals surface area contributed by atoms with E-state index in [1.807, 2.05) is 18.2 Å². The first kappa shape index (κ1) is 25.8. The van der Waals surface area contributed by atoms with Gasteiger partial charge in [0.15, 0.2) is 5.96 Å². The minimum atomic E-state index is 0. The van der Waals surface area contributed by atoms with E-state index in [4.69, 9.17) is 14.5 Å². The third-order valence-corrected chi connectivity index (χ3v) is 5.14. The van der Waals surface area contributed by atoms with Crippen molar-refractivity contribution in [3.63, 3.8) is 0 Å². The molecule has 0 atom stereocenters. The Bertz CT molecular complexity index is 592. The average Bonchev–Trinajstić information content (AvgIpc) is 2.74. The number of likely N-dealkylation sites (tertiary alicyclic amines) is 1. The summed E-state index contributed by atoms with van der Waals surface area (Å²) in [7, 11) is 3.33. The van der Waals surface area contributed by atoms with Crippen molar-refractivity contribution < 1.29 is 9.47 Å². The van der Waals surface area contributed by atoms with Crippen LogP contribution in [0.1, 0.15) is 51.0 Å². The minimum absolute atomic E-state index is 0. The molecule has 0 radical (unpaired) electrons. The molecule has 6 nitrogen and oxygen atoms in total. The van der Waals surface area contributed by atoms with Crippen LogP contribution < -0.4 is 20.1 Å². The quantitative estimate of drug-likeness (QED) is 0.201. The number of nitrogens with zero attached hydrogens (tertiary/aromatic N) is 2.